The fourth-order valence-electron chi connectivity index (χ4n) is 3.57. The molecule has 0 saturated carbocycles. The van der Waals surface area contributed by atoms with Gasteiger partial charge in [0.05, 0.1) is 16.1 Å². The van der Waals surface area contributed by atoms with Crippen LogP contribution in [0.3, 0.4) is 0 Å². The molecule has 2 aromatic carbocycles. The van der Waals surface area contributed by atoms with Gasteiger partial charge < -0.3 is 33.8 Å². The maximum Gasteiger partial charge on any atom is 0.213 e. The maximum atomic E-state index is 2.38. The van der Waals surface area contributed by atoms with Crippen LogP contribution in [-0.4, -0.2) is 32.6 Å². The fraction of sp³-hybridized carbons (Fsp3) is 0.261. The van der Waals surface area contributed by atoms with E-state index >= 15 is 0 Å². The predicted molar refractivity (Wildman–Crippen MR) is 162 cm³/mol. The average Bonchev–Trinajstić information content (AvgIpc) is 2.99. The van der Waals surface area contributed by atoms with E-state index in [1.165, 1.54) is 32.1 Å². The molecule has 0 radical (unpaired) electrons. The lowest BCUT2D eigenvalue weighted by Crippen LogP contribution is -3.00. The standard InChI is InChI=1S/C23H26N3S.4HI/c1-24(2)14-8-15-26-16-13-18(19-9-4-5-10-20(19)26)17-23-25(3)21-11-6-7-12-22(21)27-23;;;;/h4-7,9-13,16-17H,8,14-15H2,1-3H3;4*1H/q+1;;;;/p-1. The molecule has 0 spiro atoms. The van der Waals surface area contributed by atoms with Gasteiger partial charge in [-0.3, -0.25) is 0 Å². The summed E-state index contributed by atoms with van der Waals surface area (Å²) >= 11 is 1.84. The van der Waals surface area contributed by atoms with E-state index in [4.69, 9.17) is 0 Å². The fourth-order valence-corrected chi connectivity index (χ4v) is 4.67. The number of thioether (sulfide) groups is 1. The third kappa shape index (κ3) is 7.55. The van der Waals surface area contributed by atoms with Crippen LogP contribution in [0.1, 0.15) is 12.0 Å². The summed E-state index contributed by atoms with van der Waals surface area (Å²) < 4.78 is 2.38. The van der Waals surface area contributed by atoms with Crippen LogP contribution >= 0.6 is 83.7 Å². The Bertz CT molecular complexity index is 1010. The second-order valence-corrected chi connectivity index (χ2v) is 8.31. The van der Waals surface area contributed by atoms with Crippen molar-refractivity contribution in [1.29, 1.82) is 0 Å². The maximum absolute atomic E-state index is 2.38. The molecule has 2 heterocycles. The summed E-state index contributed by atoms with van der Waals surface area (Å²) in [5.74, 6) is 0. The average molecular weight is 887 g/mol. The van der Waals surface area contributed by atoms with Crippen LogP contribution in [0.25, 0.3) is 17.0 Å². The minimum absolute atomic E-state index is 0. The Morgan fingerprint density at radius 1 is 0.968 bits per heavy atom. The number of hydrogen-bond donors (Lipinski definition) is 0. The molecule has 4 rings (SSSR count). The number of rotatable bonds is 5. The highest BCUT2D eigenvalue weighted by Crippen LogP contribution is 2.45. The smallest absolute Gasteiger partial charge is 0.213 e. The number of pyridine rings is 1. The molecule has 3 aromatic rings. The Balaban J connectivity index is 0.00000225. The van der Waals surface area contributed by atoms with Gasteiger partial charge in [0.2, 0.25) is 5.52 Å². The van der Waals surface area contributed by atoms with E-state index in [0.717, 1.165) is 19.5 Å². The second kappa shape index (κ2) is 14.8. The Kier molecular flexibility index (Phi) is 15.1. The highest BCUT2D eigenvalue weighted by atomic mass is 127. The number of aryl methyl sites for hydroxylation is 1. The first-order valence-corrected chi connectivity index (χ1v) is 10.2. The zero-order valence-electron chi connectivity index (χ0n) is 17.8. The number of nitrogens with zero attached hydrogens (tertiary/aromatic N) is 3. The van der Waals surface area contributed by atoms with Gasteiger partial charge in [0.25, 0.3) is 0 Å². The summed E-state index contributed by atoms with van der Waals surface area (Å²) in [6, 6.07) is 19.6. The van der Waals surface area contributed by atoms with Gasteiger partial charge in [0, 0.05) is 37.0 Å². The molecule has 0 fully saturated rings. The normalized spacial score (nSPS) is 13.2. The lowest BCUT2D eigenvalue weighted by molar-refractivity contribution is -0.671. The summed E-state index contributed by atoms with van der Waals surface area (Å²) in [6.45, 7) is 2.14. The van der Waals surface area contributed by atoms with E-state index in [1.54, 1.807) is 0 Å². The van der Waals surface area contributed by atoms with Crippen LogP contribution < -0.4 is 33.4 Å². The van der Waals surface area contributed by atoms with Gasteiger partial charge in [0.15, 0.2) is 6.20 Å². The van der Waals surface area contributed by atoms with Crippen LogP contribution in [0.4, 0.5) is 5.69 Å². The van der Waals surface area contributed by atoms with E-state index in [0.29, 0.717) is 0 Å². The lowest BCUT2D eigenvalue weighted by atomic mass is 10.1. The summed E-state index contributed by atoms with van der Waals surface area (Å²) in [5.41, 5.74) is 3.86. The molecule has 3 nitrogen and oxygen atoms in total. The first-order chi connectivity index (χ1) is 13.1. The van der Waals surface area contributed by atoms with Crippen molar-refractivity contribution in [1.82, 2.24) is 4.90 Å². The Morgan fingerprint density at radius 2 is 1.65 bits per heavy atom. The molecule has 1 aromatic heterocycles. The number of benzene rings is 2. The van der Waals surface area contributed by atoms with Crippen LogP contribution in [0.2, 0.25) is 0 Å². The zero-order chi connectivity index (χ0) is 18.8. The van der Waals surface area contributed by atoms with Crippen molar-refractivity contribution in [2.45, 2.75) is 17.9 Å². The van der Waals surface area contributed by atoms with E-state index in [2.05, 4.69) is 102 Å². The Hall–Kier alpha value is 0.620. The molecule has 0 N–H and O–H groups in total. The highest BCUT2D eigenvalue weighted by Gasteiger charge is 2.22. The molecule has 0 amide bonds. The molecule has 0 aliphatic carbocycles. The van der Waals surface area contributed by atoms with Crippen molar-refractivity contribution in [3.05, 3.63) is 71.4 Å². The summed E-state index contributed by atoms with van der Waals surface area (Å²) in [7, 11) is 6.41. The molecule has 31 heavy (non-hydrogen) atoms. The minimum Gasteiger partial charge on any atom is -1.00 e. The van der Waals surface area contributed by atoms with Crippen molar-refractivity contribution in [3.63, 3.8) is 0 Å². The first-order valence-electron chi connectivity index (χ1n) is 9.42. The molecule has 170 valence electrons. The first kappa shape index (κ1) is 31.6. The number of para-hydroxylation sites is 2. The van der Waals surface area contributed by atoms with Gasteiger partial charge in [-0.1, -0.05) is 36.0 Å². The summed E-state index contributed by atoms with van der Waals surface area (Å²) in [5, 5.41) is 2.58. The lowest BCUT2D eigenvalue weighted by Gasteiger charge is -2.13. The monoisotopic (exact) mass is 887 g/mol. The van der Waals surface area contributed by atoms with E-state index in [1.807, 2.05) is 11.8 Å². The van der Waals surface area contributed by atoms with Crippen LogP contribution in [-0.2, 0) is 6.54 Å². The van der Waals surface area contributed by atoms with Gasteiger partial charge in [0.1, 0.15) is 6.54 Å². The molecular weight excluding hydrogens is 858 g/mol. The second-order valence-electron chi connectivity index (χ2n) is 7.25. The topological polar surface area (TPSA) is 10.4 Å². The third-order valence-electron chi connectivity index (χ3n) is 5.01. The van der Waals surface area contributed by atoms with Crippen molar-refractivity contribution >= 4 is 106 Å². The van der Waals surface area contributed by atoms with Crippen LogP contribution in [0.15, 0.2) is 70.7 Å². The van der Waals surface area contributed by atoms with Gasteiger partial charge in [-0.05, 0) is 43.9 Å². The number of fused-ring (bicyclic) bond motifs is 2. The van der Waals surface area contributed by atoms with E-state index < -0.39 is 0 Å². The van der Waals surface area contributed by atoms with Gasteiger partial charge in [-0.25, -0.2) is 0 Å². The summed E-state index contributed by atoms with van der Waals surface area (Å²) in [6.07, 6.45) is 5.70. The van der Waals surface area contributed by atoms with E-state index in [-0.39, 0.29) is 95.9 Å². The molecule has 8 heteroatoms. The Labute approximate surface area is 258 Å². The number of anilines is 1. The molecule has 0 saturated heterocycles. The van der Waals surface area contributed by atoms with Gasteiger partial charge in [-0.15, -0.1) is 71.9 Å². The van der Waals surface area contributed by atoms with Crippen molar-refractivity contribution in [2.75, 3.05) is 32.6 Å². The molecule has 1 aliphatic rings. The third-order valence-corrected chi connectivity index (χ3v) is 6.18. The van der Waals surface area contributed by atoms with Crippen molar-refractivity contribution < 1.29 is 28.5 Å². The number of halogens is 4. The number of hydrogen-bond acceptors (Lipinski definition) is 3. The van der Waals surface area contributed by atoms with Crippen LogP contribution in [0, 0.1) is 0 Å². The number of aromatic nitrogens is 1. The quantitative estimate of drug-likeness (QED) is 0.288. The van der Waals surface area contributed by atoms with Gasteiger partial charge in [-0.2, -0.15) is 4.57 Å². The van der Waals surface area contributed by atoms with E-state index in [9.17, 15) is 0 Å². The molecular formula is C23H29I4N3S. The van der Waals surface area contributed by atoms with Crippen LogP contribution in [0.5, 0.6) is 0 Å². The Morgan fingerprint density at radius 3 is 2.35 bits per heavy atom. The van der Waals surface area contributed by atoms with Gasteiger partial charge >= 0.3 is 0 Å². The minimum atomic E-state index is 0. The largest absolute Gasteiger partial charge is 1.00 e. The molecule has 1 aliphatic heterocycles. The molecule has 0 bridgehead atoms. The predicted octanol–water partition coefficient (Wildman–Crippen LogP) is 3.48. The SMILES string of the molecule is CN(C)CCC[n+]1ccc(C=C2Sc3ccccc3N2C)c2ccccc21.I.I.I.[I-]. The molecule has 0 unspecified atom stereocenters. The van der Waals surface area contributed by atoms with Crippen molar-refractivity contribution in [3.8, 4) is 0 Å². The summed E-state index contributed by atoms with van der Waals surface area (Å²) in [4.78, 5) is 5.85. The van der Waals surface area contributed by atoms with Crippen molar-refractivity contribution in [2.24, 2.45) is 0 Å². The zero-order valence-corrected chi connectivity index (χ0v) is 27.8. The molecule has 0 atom stereocenters. The highest BCUT2D eigenvalue weighted by molar-refractivity contribution is 14.0.